The first kappa shape index (κ1) is 20.6. The van der Waals surface area contributed by atoms with E-state index in [9.17, 15) is 13.2 Å². The van der Waals surface area contributed by atoms with Gasteiger partial charge in [0.15, 0.2) is 5.96 Å². The minimum absolute atomic E-state index is 0. The highest BCUT2D eigenvalue weighted by Gasteiger charge is 2.26. The molecule has 0 atom stereocenters. The lowest BCUT2D eigenvalue weighted by atomic mass is 10.4. The van der Waals surface area contributed by atoms with Gasteiger partial charge in [0.05, 0.1) is 18.0 Å². The predicted octanol–water partition coefficient (Wildman–Crippen LogP) is 3.57. The third-order valence-electron chi connectivity index (χ3n) is 2.58. The van der Waals surface area contributed by atoms with Gasteiger partial charge in [-0.25, -0.2) is 0 Å². The molecule has 0 unspecified atom stereocenters. The van der Waals surface area contributed by atoms with E-state index in [1.807, 2.05) is 0 Å². The smallest absolute Gasteiger partial charge is 0.356 e. The van der Waals surface area contributed by atoms with E-state index in [0.717, 1.165) is 5.69 Å². The number of nitrogens with one attached hydrogen (secondary N) is 2. The summed E-state index contributed by atoms with van der Waals surface area (Å²) in [5.41, 5.74) is 0.791. The van der Waals surface area contributed by atoms with Crippen LogP contribution in [0.2, 0.25) is 10.2 Å². The van der Waals surface area contributed by atoms with Gasteiger partial charge >= 0.3 is 6.18 Å². The van der Waals surface area contributed by atoms with Crippen molar-refractivity contribution in [2.24, 2.45) is 12.0 Å². The fourth-order valence-corrected chi connectivity index (χ4v) is 1.89. The van der Waals surface area contributed by atoms with Crippen LogP contribution in [0.15, 0.2) is 11.1 Å². The summed E-state index contributed by atoms with van der Waals surface area (Å²) in [4.78, 5) is 3.83. The molecule has 0 bridgehead atoms. The zero-order valence-electron chi connectivity index (χ0n) is 11.4. The molecule has 1 heterocycles. The Bertz CT molecular complexity index is 489. The topological polar surface area (TPSA) is 41.4 Å². The van der Waals surface area contributed by atoms with Crippen molar-refractivity contribution in [3.05, 3.63) is 21.9 Å². The van der Waals surface area contributed by atoms with Gasteiger partial charge in [-0.2, -0.15) is 13.2 Å². The number of halogens is 6. The van der Waals surface area contributed by atoms with E-state index in [2.05, 4.69) is 15.6 Å². The number of aromatic nitrogens is 1. The molecule has 21 heavy (non-hydrogen) atoms. The average Bonchev–Trinajstić information content (AvgIpc) is 2.60. The molecule has 0 aliphatic carbocycles. The molecular formula is C11H16Cl2F3IN4. The Labute approximate surface area is 148 Å². The molecule has 0 aliphatic rings. The van der Waals surface area contributed by atoms with Gasteiger partial charge in [-0.3, -0.25) is 4.99 Å². The first-order valence-electron chi connectivity index (χ1n) is 5.75. The van der Waals surface area contributed by atoms with Gasteiger partial charge in [-0.15, -0.1) is 24.0 Å². The van der Waals surface area contributed by atoms with E-state index in [1.54, 1.807) is 17.7 Å². The van der Waals surface area contributed by atoms with E-state index in [-0.39, 0.29) is 36.5 Å². The zero-order valence-corrected chi connectivity index (χ0v) is 15.2. The van der Waals surface area contributed by atoms with Crippen LogP contribution in [0.4, 0.5) is 13.2 Å². The Hall–Kier alpha value is -0.350. The molecule has 0 aliphatic heterocycles. The Morgan fingerprint density at radius 3 is 2.38 bits per heavy atom. The second-order valence-electron chi connectivity index (χ2n) is 4.05. The first-order valence-corrected chi connectivity index (χ1v) is 6.51. The number of alkyl halides is 3. The highest BCUT2D eigenvalue weighted by Crippen LogP contribution is 2.24. The summed E-state index contributed by atoms with van der Waals surface area (Å²) in [5.74, 6) is 0.280. The van der Waals surface area contributed by atoms with Gasteiger partial charge in [0, 0.05) is 26.3 Å². The van der Waals surface area contributed by atoms with E-state index in [1.165, 1.54) is 7.05 Å². The molecule has 0 saturated heterocycles. The zero-order chi connectivity index (χ0) is 15.3. The molecule has 1 rings (SSSR count). The minimum atomic E-state index is -4.19. The summed E-state index contributed by atoms with van der Waals surface area (Å²) < 4.78 is 37.8. The lowest BCUT2D eigenvalue weighted by molar-refractivity contribution is -0.132. The van der Waals surface area contributed by atoms with Crippen LogP contribution < -0.4 is 10.6 Å². The Balaban J connectivity index is 0.00000400. The third kappa shape index (κ3) is 6.96. The van der Waals surface area contributed by atoms with Crippen molar-refractivity contribution in [3.63, 3.8) is 0 Å². The molecule has 4 nitrogen and oxygen atoms in total. The summed E-state index contributed by atoms with van der Waals surface area (Å²) in [7, 11) is 3.22. The van der Waals surface area contributed by atoms with Crippen molar-refractivity contribution >= 4 is 53.1 Å². The number of hydrogen-bond acceptors (Lipinski definition) is 1. The number of hydrogen-bond donors (Lipinski definition) is 2. The summed E-state index contributed by atoms with van der Waals surface area (Å²) in [6.07, 6.45) is -5.11. The van der Waals surface area contributed by atoms with Crippen LogP contribution in [0.25, 0.3) is 0 Å². The van der Waals surface area contributed by atoms with Gasteiger partial charge in [0.1, 0.15) is 5.15 Å². The SMILES string of the molecule is CN=C(NCCC(F)(F)F)NCc1cc(Cl)c(Cl)n1C.I. The van der Waals surface area contributed by atoms with Crippen LogP contribution in [-0.4, -0.2) is 30.3 Å². The molecule has 0 amide bonds. The summed E-state index contributed by atoms with van der Waals surface area (Å²) >= 11 is 11.8. The summed E-state index contributed by atoms with van der Waals surface area (Å²) in [6, 6.07) is 1.68. The molecule has 1 aromatic rings. The molecule has 0 radical (unpaired) electrons. The molecule has 1 aromatic heterocycles. The molecule has 0 aromatic carbocycles. The van der Waals surface area contributed by atoms with Crippen LogP contribution in [0, 0.1) is 0 Å². The largest absolute Gasteiger partial charge is 0.390 e. The molecule has 0 fully saturated rings. The average molecular weight is 459 g/mol. The number of nitrogens with zero attached hydrogens (tertiary/aromatic N) is 2. The van der Waals surface area contributed by atoms with Crippen molar-refractivity contribution < 1.29 is 13.2 Å². The lowest BCUT2D eigenvalue weighted by Crippen LogP contribution is -2.38. The number of rotatable bonds is 4. The predicted molar refractivity (Wildman–Crippen MR) is 89.7 cm³/mol. The van der Waals surface area contributed by atoms with Crippen LogP contribution in [0.3, 0.4) is 0 Å². The van der Waals surface area contributed by atoms with Gasteiger partial charge in [-0.05, 0) is 6.07 Å². The second-order valence-corrected chi connectivity index (χ2v) is 4.82. The number of aliphatic imine (C=N–C) groups is 1. The Morgan fingerprint density at radius 2 is 1.95 bits per heavy atom. The van der Waals surface area contributed by atoms with Crippen molar-refractivity contribution in [2.75, 3.05) is 13.6 Å². The second kappa shape index (κ2) is 8.94. The molecule has 0 spiro atoms. The van der Waals surface area contributed by atoms with Gasteiger partial charge in [0.25, 0.3) is 0 Å². The standard InChI is InChI=1S/C11H15Cl2F3N4.HI/c1-17-10(18-4-3-11(14,15)16)19-6-7-5-8(12)9(13)20(7)2;/h5H,3-4,6H2,1-2H3,(H2,17,18,19);1H. The van der Waals surface area contributed by atoms with Crippen LogP contribution in [-0.2, 0) is 13.6 Å². The normalized spacial score (nSPS) is 12.0. The Kier molecular flexibility index (Phi) is 8.79. The fourth-order valence-electron chi connectivity index (χ4n) is 1.48. The third-order valence-corrected chi connectivity index (χ3v) is 3.42. The molecule has 122 valence electrons. The van der Waals surface area contributed by atoms with E-state index in [4.69, 9.17) is 23.2 Å². The maximum absolute atomic E-state index is 12.0. The van der Waals surface area contributed by atoms with Crippen molar-refractivity contribution in [1.82, 2.24) is 15.2 Å². The fraction of sp³-hybridized carbons (Fsp3) is 0.545. The van der Waals surface area contributed by atoms with Crippen molar-refractivity contribution in [1.29, 1.82) is 0 Å². The van der Waals surface area contributed by atoms with Crippen LogP contribution in [0.1, 0.15) is 12.1 Å². The summed E-state index contributed by atoms with van der Waals surface area (Å²) in [6.45, 7) is 0.104. The maximum atomic E-state index is 12.0. The summed E-state index contributed by atoms with van der Waals surface area (Å²) in [5, 5.41) is 6.30. The molecule has 0 saturated carbocycles. The number of guanidine groups is 1. The molecular weight excluding hydrogens is 443 g/mol. The minimum Gasteiger partial charge on any atom is -0.356 e. The highest BCUT2D eigenvalue weighted by molar-refractivity contribution is 14.0. The molecule has 10 heteroatoms. The van der Waals surface area contributed by atoms with Crippen LogP contribution >= 0.6 is 47.2 Å². The van der Waals surface area contributed by atoms with Gasteiger partial charge in [-0.1, -0.05) is 23.2 Å². The van der Waals surface area contributed by atoms with Gasteiger partial charge < -0.3 is 15.2 Å². The monoisotopic (exact) mass is 458 g/mol. The van der Waals surface area contributed by atoms with Crippen molar-refractivity contribution in [2.45, 2.75) is 19.1 Å². The van der Waals surface area contributed by atoms with Gasteiger partial charge in [0.2, 0.25) is 0 Å². The Morgan fingerprint density at radius 1 is 1.33 bits per heavy atom. The molecule has 2 N–H and O–H groups in total. The maximum Gasteiger partial charge on any atom is 0.390 e. The van der Waals surface area contributed by atoms with E-state index >= 15 is 0 Å². The lowest BCUT2D eigenvalue weighted by Gasteiger charge is -2.13. The highest BCUT2D eigenvalue weighted by atomic mass is 127. The van der Waals surface area contributed by atoms with Crippen molar-refractivity contribution in [3.8, 4) is 0 Å². The van der Waals surface area contributed by atoms with E-state index < -0.39 is 12.6 Å². The first-order chi connectivity index (χ1) is 9.24. The quantitative estimate of drug-likeness (QED) is 0.411. The van der Waals surface area contributed by atoms with Crippen LogP contribution in [0.5, 0.6) is 0 Å². The van der Waals surface area contributed by atoms with E-state index in [0.29, 0.717) is 16.7 Å².